The molecule has 3 rings (SSSR count). The van der Waals surface area contributed by atoms with Gasteiger partial charge in [-0.2, -0.15) is 4.98 Å². The molecular weight excluding hydrogens is 437 g/mol. The summed E-state index contributed by atoms with van der Waals surface area (Å²) in [6, 6.07) is 7.08. The molecule has 0 aliphatic carbocycles. The highest BCUT2D eigenvalue weighted by molar-refractivity contribution is 6.58. The minimum absolute atomic E-state index is 0.0856. The maximum absolute atomic E-state index is 10.1. The molecule has 5 N–H and O–H groups in total. The highest BCUT2D eigenvalue weighted by Gasteiger charge is 2.25. The topological polar surface area (TPSA) is 142 Å². The van der Waals surface area contributed by atoms with Crippen LogP contribution in [-0.2, 0) is 6.54 Å². The first-order chi connectivity index (χ1) is 16.3. The monoisotopic (exact) mass is 469 g/mol. The van der Waals surface area contributed by atoms with E-state index >= 15 is 0 Å². The van der Waals surface area contributed by atoms with Gasteiger partial charge in [-0.15, -0.1) is 0 Å². The van der Waals surface area contributed by atoms with Crippen LogP contribution in [0.25, 0.3) is 11.0 Å². The Morgan fingerprint density at radius 3 is 2.56 bits per heavy atom. The number of aliphatic hydroxyl groups excluding tert-OH is 1. The lowest BCUT2D eigenvalue weighted by Crippen LogP contribution is -2.39. The second-order valence-corrected chi connectivity index (χ2v) is 8.38. The van der Waals surface area contributed by atoms with Crippen molar-refractivity contribution in [1.29, 1.82) is 0 Å². The number of aliphatic hydroxyl groups is 1. The van der Waals surface area contributed by atoms with Crippen molar-refractivity contribution >= 4 is 35.4 Å². The zero-order chi connectivity index (χ0) is 24.7. The van der Waals surface area contributed by atoms with Crippen molar-refractivity contribution in [2.24, 2.45) is 0 Å². The van der Waals surface area contributed by atoms with Gasteiger partial charge < -0.3 is 35.3 Å². The molecule has 10 nitrogen and oxygen atoms in total. The van der Waals surface area contributed by atoms with Gasteiger partial charge in [-0.1, -0.05) is 19.8 Å². The van der Waals surface area contributed by atoms with Crippen LogP contribution in [0.2, 0.25) is 0 Å². The summed E-state index contributed by atoms with van der Waals surface area (Å²) >= 11 is 0. The number of rotatable bonds is 12. The third-order valence-corrected chi connectivity index (χ3v) is 5.64. The number of hydrogen-bond donors (Lipinski definition) is 5. The Balaban J connectivity index is 1.97. The SMILES string of the molecule is CCCC[C@](C)(CO)Nc1nc(NCc2ccc(OC)cc2OC)nc2cc(B(O)O)cnc12. The third-order valence-electron chi connectivity index (χ3n) is 5.64. The van der Waals surface area contributed by atoms with Gasteiger partial charge in [0.05, 0.1) is 31.9 Å². The second-order valence-electron chi connectivity index (χ2n) is 8.38. The summed E-state index contributed by atoms with van der Waals surface area (Å²) in [4.78, 5) is 13.5. The van der Waals surface area contributed by atoms with Crippen molar-refractivity contribution < 1.29 is 24.6 Å². The third kappa shape index (κ3) is 6.05. The summed E-state index contributed by atoms with van der Waals surface area (Å²) in [5, 5.41) is 35.8. The van der Waals surface area contributed by atoms with Gasteiger partial charge in [0.15, 0.2) is 5.82 Å². The van der Waals surface area contributed by atoms with Crippen molar-refractivity contribution in [2.45, 2.75) is 45.2 Å². The number of hydrogen-bond acceptors (Lipinski definition) is 10. The van der Waals surface area contributed by atoms with Gasteiger partial charge in [0, 0.05) is 29.8 Å². The molecule has 2 aromatic heterocycles. The predicted octanol–water partition coefficient (Wildman–Crippen LogP) is 1.69. The van der Waals surface area contributed by atoms with Gasteiger partial charge in [0.25, 0.3) is 0 Å². The molecule has 0 unspecified atom stereocenters. The van der Waals surface area contributed by atoms with Crippen LogP contribution in [0.5, 0.6) is 11.5 Å². The molecule has 0 saturated heterocycles. The zero-order valence-corrected chi connectivity index (χ0v) is 20.0. The number of pyridine rings is 1. The number of anilines is 2. The first-order valence-electron chi connectivity index (χ1n) is 11.2. The summed E-state index contributed by atoms with van der Waals surface area (Å²) < 4.78 is 10.7. The van der Waals surface area contributed by atoms with Crippen LogP contribution in [-0.4, -0.2) is 63.6 Å². The number of nitrogens with zero attached hydrogens (tertiary/aromatic N) is 3. The minimum atomic E-state index is -1.67. The van der Waals surface area contributed by atoms with Gasteiger partial charge in [0.1, 0.15) is 17.0 Å². The Kier molecular flexibility index (Phi) is 8.48. The van der Waals surface area contributed by atoms with Crippen LogP contribution in [0.3, 0.4) is 0 Å². The number of ether oxygens (including phenoxy) is 2. The normalized spacial score (nSPS) is 12.8. The summed E-state index contributed by atoms with van der Waals surface area (Å²) in [6.45, 7) is 4.31. The molecule has 0 aliphatic heterocycles. The van der Waals surface area contributed by atoms with Crippen molar-refractivity contribution in [1.82, 2.24) is 15.0 Å². The molecule has 0 saturated carbocycles. The highest BCUT2D eigenvalue weighted by Crippen LogP contribution is 2.27. The molecule has 0 aliphatic rings. The fraction of sp³-hybridized carbons (Fsp3) is 0.435. The lowest BCUT2D eigenvalue weighted by atomic mass is 9.81. The Morgan fingerprint density at radius 2 is 1.91 bits per heavy atom. The van der Waals surface area contributed by atoms with E-state index in [1.165, 1.54) is 6.20 Å². The molecule has 0 spiro atoms. The number of benzene rings is 1. The van der Waals surface area contributed by atoms with Gasteiger partial charge >= 0.3 is 7.12 Å². The number of aromatic nitrogens is 3. The Bertz CT molecular complexity index is 1120. The van der Waals surface area contributed by atoms with Crippen LogP contribution in [0.4, 0.5) is 11.8 Å². The molecular formula is C23H32BN5O5. The fourth-order valence-electron chi connectivity index (χ4n) is 3.55. The van der Waals surface area contributed by atoms with Crippen molar-refractivity contribution in [3.05, 3.63) is 36.0 Å². The maximum Gasteiger partial charge on any atom is 0.490 e. The highest BCUT2D eigenvalue weighted by atomic mass is 16.5. The molecule has 1 atom stereocenters. The standard InChI is InChI=1S/C23H32BN5O5/c1-5-6-9-23(2,14-30)29-21-20-18(10-16(13-25-20)24(31)32)27-22(28-21)26-12-15-7-8-17(33-3)11-19(15)34-4/h7-8,10-11,13,30-32H,5-6,9,12,14H2,1-4H3,(H2,26,27,28,29)/t23-/m1/s1. The number of fused-ring (bicyclic) bond motifs is 1. The Morgan fingerprint density at radius 1 is 1.12 bits per heavy atom. The number of unbranched alkanes of at least 4 members (excludes halogenated alkanes) is 1. The molecule has 1 aromatic carbocycles. The van der Waals surface area contributed by atoms with Crippen molar-refractivity contribution in [3.8, 4) is 11.5 Å². The first-order valence-corrected chi connectivity index (χ1v) is 11.2. The maximum atomic E-state index is 10.1. The van der Waals surface area contributed by atoms with E-state index in [0.29, 0.717) is 40.8 Å². The van der Waals surface area contributed by atoms with Crippen molar-refractivity contribution in [2.75, 3.05) is 31.5 Å². The summed E-state index contributed by atoms with van der Waals surface area (Å²) in [7, 11) is 1.51. The zero-order valence-electron chi connectivity index (χ0n) is 20.0. The minimum Gasteiger partial charge on any atom is -0.497 e. The van der Waals surface area contributed by atoms with E-state index < -0.39 is 12.7 Å². The van der Waals surface area contributed by atoms with Crippen LogP contribution >= 0.6 is 0 Å². The molecule has 2 heterocycles. The largest absolute Gasteiger partial charge is 0.497 e. The van der Waals surface area contributed by atoms with Crippen LogP contribution in [0.1, 0.15) is 38.7 Å². The lowest BCUT2D eigenvalue weighted by molar-refractivity contribution is 0.212. The van der Waals surface area contributed by atoms with E-state index in [9.17, 15) is 15.2 Å². The first kappa shape index (κ1) is 25.5. The molecule has 0 bridgehead atoms. The number of methoxy groups -OCH3 is 2. The average Bonchev–Trinajstić information content (AvgIpc) is 2.85. The summed E-state index contributed by atoms with van der Waals surface area (Å²) in [5.41, 5.74) is 1.39. The molecule has 34 heavy (non-hydrogen) atoms. The average molecular weight is 469 g/mol. The van der Waals surface area contributed by atoms with Gasteiger partial charge in [-0.25, -0.2) is 4.98 Å². The molecule has 0 amide bonds. The van der Waals surface area contributed by atoms with E-state index in [1.54, 1.807) is 26.4 Å². The van der Waals surface area contributed by atoms with Crippen molar-refractivity contribution in [3.63, 3.8) is 0 Å². The van der Waals surface area contributed by atoms with E-state index in [0.717, 1.165) is 24.8 Å². The molecule has 182 valence electrons. The Labute approximate surface area is 199 Å². The van der Waals surface area contributed by atoms with Crippen LogP contribution < -0.4 is 25.6 Å². The Hall–Kier alpha value is -3.15. The number of nitrogens with one attached hydrogen (secondary N) is 2. The van der Waals surface area contributed by atoms with Gasteiger partial charge in [0.2, 0.25) is 5.95 Å². The predicted molar refractivity (Wildman–Crippen MR) is 133 cm³/mol. The van der Waals surface area contributed by atoms with Crippen LogP contribution in [0.15, 0.2) is 30.5 Å². The molecule has 0 radical (unpaired) electrons. The van der Waals surface area contributed by atoms with E-state index in [2.05, 4.69) is 32.5 Å². The summed E-state index contributed by atoms with van der Waals surface area (Å²) in [5.74, 6) is 2.10. The van der Waals surface area contributed by atoms with Crippen LogP contribution in [0, 0.1) is 0 Å². The lowest BCUT2D eigenvalue weighted by Gasteiger charge is -2.29. The molecule has 3 aromatic rings. The summed E-state index contributed by atoms with van der Waals surface area (Å²) in [6.07, 6.45) is 4.04. The van der Waals surface area contributed by atoms with Gasteiger partial charge in [-0.05, 0) is 31.5 Å². The molecule has 11 heteroatoms. The second kappa shape index (κ2) is 11.3. The fourth-order valence-corrected chi connectivity index (χ4v) is 3.55. The van der Waals surface area contributed by atoms with E-state index in [4.69, 9.17) is 9.47 Å². The quantitative estimate of drug-likeness (QED) is 0.249. The molecule has 0 fully saturated rings. The van der Waals surface area contributed by atoms with Gasteiger partial charge in [-0.3, -0.25) is 4.98 Å². The van der Waals surface area contributed by atoms with E-state index in [1.807, 2.05) is 19.1 Å². The smallest absolute Gasteiger partial charge is 0.490 e. The van der Waals surface area contributed by atoms with E-state index in [-0.39, 0.29) is 12.1 Å².